The van der Waals surface area contributed by atoms with Crippen molar-refractivity contribution in [2.24, 2.45) is 0 Å². The lowest BCUT2D eigenvalue weighted by molar-refractivity contribution is -0.133. The van der Waals surface area contributed by atoms with Crippen molar-refractivity contribution in [1.82, 2.24) is 9.80 Å². The molecule has 0 spiro atoms. The molecule has 0 aromatic heterocycles. The van der Waals surface area contributed by atoms with Gasteiger partial charge in [0.15, 0.2) is 0 Å². The van der Waals surface area contributed by atoms with Crippen LogP contribution in [0.25, 0.3) is 0 Å². The topological polar surface area (TPSA) is 36.0 Å². The number of nitrogens with zero attached hydrogens (tertiary/aromatic N) is 3. The SMILES string of the molecule is CCOc1ccccc1N1CCN(Cc2ccc(CN3CCCCC3=O)cc2)CC1. The van der Waals surface area contributed by atoms with Crippen LogP contribution in [0.3, 0.4) is 0 Å². The summed E-state index contributed by atoms with van der Waals surface area (Å²) in [4.78, 5) is 19.0. The zero-order valence-corrected chi connectivity index (χ0v) is 18.1. The molecule has 160 valence electrons. The molecule has 2 saturated heterocycles. The van der Waals surface area contributed by atoms with Crippen LogP contribution in [0.1, 0.15) is 37.3 Å². The number of rotatable bonds is 7. The second kappa shape index (κ2) is 9.98. The van der Waals surface area contributed by atoms with E-state index in [4.69, 9.17) is 4.74 Å². The van der Waals surface area contributed by atoms with E-state index in [1.165, 1.54) is 16.8 Å². The first kappa shape index (κ1) is 20.7. The third kappa shape index (κ3) is 5.14. The quantitative estimate of drug-likeness (QED) is 0.697. The molecule has 2 fully saturated rings. The first-order valence-electron chi connectivity index (χ1n) is 11.3. The Morgan fingerprint density at radius 2 is 1.53 bits per heavy atom. The van der Waals surface area contributed by atoms with Crippen LogP contribution in [-0.4, -0.2) is 55.0 Å². The second-order valence-electron chi connectivity index (χ2n) is 8.25. The molecule has 4 rings (SSSR count). The number of ether oxygens (including phenoxy) is 1. The molecule has 2 aliphatic rings. The predicted octanol–water partition coefficient (Wildman–Crippen LogP) is 3.92. The summed E-state index contributed by atoms with van der Waals surface area (Å²) in [5, 5.41) is 0. The van der Waals surface area contributed by atoms with Crippen molar-refractivity contribution in [1.29, 1.82) is 0 Å². The van der Waals surface area contributed by atoms with Crippen LogP contribution in [-0.2, 0) is 17.9 Å². The Balaban J connectivity index is 1.28. The summed E-state index contributed by atoms with van der Waals surface area (Å²) >= 11 is 0. The molecule has 0 bridgehead atoms. The first-order chi connectivity index (χ1) is 14.7. The van der Waals surface area contributed by atoms with Crippen LogP contribution in [0.4, 0.5) is 5.69 Å². The van der Waals surface area contributed by atoms with Gasteiger partial charge in [0.25, 0.3) is 0 Å². The van der Waals surface area contributed by atoms with E-state index in [1.54, 1.807) is 0 Å². The van der Waals surface area contributed by atoms with E-state index in [2.05, 4.69) is 52.3 Å². The van der Waals surface area contributed by atoms with Crippen molar-refractivity contribution in [2.45, 2.75) is 39.3 Å². The second-order valence-corrected chi connectivity index (χ2v) is 8.25. The summed E-state index contributed by atoms with van der Waals surface area (Å²) in [5.41, 5.74) is 3.77. The number of hydrogen-bond donors (Lipinski definition) is 0. The van der Waals surface area contributed by atoms with Crippen molar-refractivity contribution < 1.29 is 9.53 Å². The largest absolute Gasteiger partial charge is 0.492 e. The van der Waals surface area contributed by atoms with Crippen molar-refractivity contribution in [3.8, 4) is 5.75 Å². The monoisotopic (exact) mass is 407 g/mol. The number of hydrogen-bond acceptors (Lipinski definition) is 4. The number of likely N-dealkylation sites (tertiary alicyclic amines) is 1. The fourth-order valence-corrected chi connectivity index (χ4v) is 4.40. The number of para-hydroxylation sites is 2. The summed E-state index contributed by atoms with van der Waals surface area (Å²) in [6.07, 6.45) is 2.88. The lowest BCUT2D eigenvalue weighted by Crippen LogP contribution is -2.46. The van der Waals surface area contributed by atoms with Crippen molar-refractivity contribution in [2.75, 3.05) is 44.2 Å². The van der Waals surface area contributed by atoms with Gasteiger partial charge in [0, 0.05) is 52.2 Å². The number of carbonyl (C=O) groups excluding carboxylic acids is 1. The number of anilines is 1. The third-order valence-corrected chi connectivity index (χ3v) is 6.10. The maximum Gasteiger partial charge on any atom is 0.222 e. The van der Waals surface area contributed by atoms with E-state index in [9.17, 15) is 4.79 Å². The fraction of sp³-hybridized carbons (Fsp3) is 0.480. The molecule has 5 heteroatoms. The molecule has 1 amide bonds. The van der Waals surface area contributed by atoms with Crippen LogP contribution in [0, 0.1) is 0 Å². The molecule has 0 saturated carbocycles. The van der Waals surface area contributed by atoms with Gasteiger partial charge >= 0.3 is 0 Å². The van der Waals surface area contributed by atoms with Crippen molar-refractivity contribution in [3.05, 3.63) is 59.7 Å². The van der Waals surface area contributed by atoms with E-state index in [0.29, 0.717) is 18.9 Å². The minimum atomic E-state index is 0.300. The number of benzene rings is 2. The van der Waals surface area contributed by atoms with Crippen LogP contribution >= 0.6 is 0 Å². The van der Waals surface area contributed by atoms with Crippen LogP contribution < -0.4 is 9.64 Å². The third-order valence-electron chi connectivity index (χ3n) is 6.10. The van der Waals surface area contributed by atoms with Crippen molar-refractivity contribution in [3.63, 3.8) is 0 Å². The maximum absolute atomic E-state index is 12.0. The van der Waals surface area contributed by atoms with Gasteiger partial charge in [-0.25, -0.2) is 0 Å². The average Bonchev–Trinajstić information content (AvgIpc) is 2.78. The van der Waals surface area contributed by atoms with Gasteiger partial charge in [-0.3, -0.25) is 9.69 Å². The highest BCUT2D eigenvalue weighted by Crippen LogP contribution is 2.29. The molecule has 30 heavy (non-hydrogen) atoms. The number of piperidine rings is 1. The lowest BCUT2D eigenvalue weighted by Gasteiger charge is -2.36. The maximum atomic E-state index is 12.0. The van der Waals surface area contributed by atoms with Crippen LogP contribution in [0.2, 0.25) is 0 Å². The normalized spacial score (nSPS) is 18.0. The van der Waals surface area contributed by atoms with Gasteiger partial charge in [-0.15, -0.1) is 0 Å². The molecule has 0 radical (unpaired) electrons. The van der Waals surface area contributed by atoms with E-state index in [1.807, 2.05) is 17.9 Å². The molecule has 2 aromatic rings. The Morgan fingerprint density at radius 3 is 2.23 bits per heavy atom. The molecular weight excluding hydrogens is 374 g/mol. The Labute approximate surface area is 180 Å². The van der Waals surface area contributed by atoms with Gasteiger partial charge in [0.1, 0.15) is 5.75 Å². The highest BCUT2D eigenvalue weighted by molar-refractivity contribution is 5.76. The minimum Gasteiger partial charge on any atom is -0.492 e. The van der Waals surface area contributed by atoms with E-state index < -0.39 is 0 Å². The zero-order chi connectivity index (χ0) is 20.8. The Hall–Kier alpha value is -2.53. The molecule has 2 heterocycles. The lowest BCUT2D eigenvalue weighted by atomic mass is 10.1. The molecule has 0 unspecified atom stereocenters. The molecule has 0 atom stereocenters. The summed E-state index contributed by atoms with van der Waals surface area (Å²) < 4.78 is 5.81. The standard InChI is InChI=1S/C25H33N3O2/c1-2-30-24-8-4-3-7-23(24)27-17-15-26(16-18-27)19-21-10-12-22(13-11-21)20-28-14-6-5-9-25(28)29/h3-4,7-8,10-13H,2,5-6,9,14-20H2,1H3. The van der Waals surface area contributed by atoms with E-state index in [0.717, 1.165) is 64.4 Å². The molecular formula is C25H33N3O2. The van der Waals surface area contributed by atoms with E-state index >= 15 is 0 Å². The fourth-order valence-electron chi connectivity index (χ4n) is 4.40. The Kier molecular flexibility index (Phi) is 6.90. The van der Waals surface area contributed by atoms with Gasteiger partial charge in [-0.2, -0.15) is 0 Å². The summed E-state index contributed by atoms with van der Waals surface area (Å²) in [6.45, 7) is 9.47. The Bertz CT molecular complexity index is 829. The van der Waals surface area contributed by atoms with Crippen LogP contribution in [0.15, 0.2) is 48.5 Å². The zero-order valence-electron chi connectivity index (χ0n) is 18.1. The molecule has 2 aliphatic heterocycles. The number of amides is 1. The van der Waals surface area contributed by atoms with Gasteiger partial charge in [-0.05, 0) is 43.0 Å². The number of piperazine rings is 1. The summed E-state index contributed by atoms with van der Waals surface area (Å²) in [7, 11) is 0. The smallest absolute Gasteiger partial charge is 0.222 e. The molecule has 5 nitrogen and oxygen atoms in total. The van der Waals surface area contributed by atoms with Gasteiger partial charge in [-0.1, -0.05) is 36.4 Å². The summed E-state index contributed by atoms with van der Waals surface area (Å²) in [6, 6.07) is 17.2. The summed E-state index contributed by atoms with van der Waals surface area (Å²) in [5.74, 6) is 1.28. The minimum absolute atomic E-state index is 0.300. The van der Waals surface area contributed by atoms with Crippen molar-refractivity contribution >= 4 is 11.6 Å². The Morgan fingerprint density at radius 1 is 0.833 bits per heavy atom. The first-order valence-corrected chi connectivity index (χ1v) is 11.3. The van der Waals surface area contributed by atoms with E-state index in [-0.39, 0.29) is 0 Å². The highest BCUT2D eigenvalue weighted by Gasteiger charge is 2.20. The van der Waals surface area contributed by atoms with Gasteiger partial charge < -0.3 is 14.5 Å². The van der Waals surface area contributed by atoms with Gasteiger partial charge in [0.05, 0.1) is 12.3 Å². The number of carbonyl (C=O) groups is 1. The van der Waals surface area contributed by atoms with Crippen LogP contribution in [0.5, 0.6) is 5.75 Å². The van der Waals surface area contributed by atoms with Gasteiger partial charge in [0.2, 0.25) is 5.91 Å². The molecule has 0 aliphatic carbocycles. The molecule has 0 N–H and O–H groups in total. The average molecular weight is 408 g/mol. The highest BCUT2D eigenvalue weighted by atomic mass is 16.5. The molecule has 2 aromatic carbocycles. The predicted molar refractivity (Wildman–Crippen MR) is 121 cm³/mol.